The zero-order chi connectivity index (χ0) is 24.2. The van der Waals surface area contributed by atoms with Crippen LogP contribution in [0, 0.1) is 0 Å². The number of phenols is 1. The van der Waals surface area contributed by atoms with Crippen LogP contribution >= 0.6 is 0 Å². The molecule has 0 saturated carbocycles. The molecule has 178 valence electrons. The van der Waals surface area contributed by atoms with E-state index in [2.05, 4.69) is 15.7 Å². The molecule has 2 heterocycles. The van der Waals surface area contributed by atoms with E-state index in [9.17, 15) is 19.5 Å². The molecule has 4 N–H and O–H groups in total. The van der Waals surface area contributed by atoms with Gasteiger partial charge in [-0.25, -0.2) is 0 Å². The van der Waals surface area contributed by atoms with Gasteiger partial charge in [0.2, 0.25) is 0 Å². The van der Waals surface area contributed by atoms with Crippen molar-refractivity contribution in [3.8, 4) is 5.75 Å². The first kappa shape index (κ1) is 23.2. The molecule has 1 atom stereocenters. The third-order valence-electron chi connectivity index (χ3n) is 6.11. The van der Waals surface area contributed by atoms with Crippen LogP contribution < -0.4 is 21.8 Å². The van der Waals surface area contributed by atoms with Crippen molar-refractivity contribution in [2.75, 3.05) is 23.7 Å². The molecule has 1 aromatic heterocycles. The summed E-state index contributed by atoms with van der Waals surface area (Å²) in [7, 11) is 1.47. The van der Waals surface area contributed by atoms with E-state index in [-0.39, 0.29) is 40.3 Å². The van der Waals surface area contributed by atoms with Crippen LogP contribution in [0.2, 0.25) is 0 Å². The molecule has 0 aliphatic carbocycles. The fraction of sp³-hybridized carbons (Fsp3) is 0.320. The van der Waals surface area contributed by atoms with Gasteiger partial charge >= 0.3 is 0 Å². The molecule has 0 bridgehead atoms. The van der Waals surface area contributed by atoms with E-state index in [1.165, 1.54) is 7.05 Å². The number of rotatable bonds is 7. The van der Waals surface area contributed by atoms with E-state index in [1.54, 1.807) is 23.1 Å². The Morgan fingerprint density at radius 3 is 2.44 bits per heavy atom. The number of aromatic hydroxyl groups is 1. The lowest BCUT2D eigenvalue weighted by Crippen LogP contribution is -2.32. The van der Waals surface area contributed by atoms with E-state index in [4.69, 9.17) is 0 Å². The first-order chi connectivity index (χ1) is 16.4. The largest absolute Gasteiger partial charge is 0.505 e. The number of amides is 1. The number of aryl methyl sites for hydroxylation is 1. The minimum Gasteiger partial charge on any atom is -0.505 e. The number of nitrogens with zero attached hydrogens (tertiary/aromatic N) is 2. The summed E-state index contributed by atoms with van der Waals surface area (Å²) in [5.74, 6) is -0.523. The molecule has 4 rings (SSSR count). The number of hydrogen-bond acceptors (Lipinski definition) is 6. The molecule has 2 aromatic carbocycles. The Morgan fingerprint density at radius 2 is 1.76 bits per heavy atom. The van der Waals surface area contributed by atoms with Gasteiger partial charge in [-0.05, 0) is 37.0 Å². The summed E-state index contributed by atoms with van der Waals surface area (Å²) >= 11 is 0. The predicted molar refractivity (Wildman–Crippen MR) is 132 cm³/mol. The number of H-pyrrole nitrogens is 1. The van der Waals surface area contributed by atoms with Crippen LogP contribution in [-0.4, -0.2) is 38.8 Å². The van der Waals surface area contributed by atoms with Crippen molar-refractivity contribution in [1.82, 2.24) is 14.7 Å². The molecule has 3 aromatic rings. The summed E-state index contributed by atoms with van der Waals surface area (Å²) in [6.07, 6.45) is 2.54. The highest BCUT2D eigenvalue weighted by atomic mass is 16.3. The lowest BCUT2D eigenvalue weighted by atomic mass is 10.0. The minimum atomic E-state index is -0.539. The van der Waals surface area contributed by atoms with Crippen molar-refractivity contribution in [3.63, 3.8) is 0 Å². The van der Waals surface area contributed by atoms with Gasteiger partial charge in [0.1, 0.15) is 11.4 Å². The number of anilines is 3. The fourth-order valence-corrected chi connectivity index (χ4v) is 4.22. The summed E-state index contributed by atoms with van der Waals surface area (Å²) in [5, 5.41) is 19.5. The number of carbonyl (C=O) groups is 1. The number of carbonyl (C=O) groups excluding carboxylic acids is 1. The molecule has 9 nitrogen and oxygen atoms in total. The quantitative estimate of drug-likeness (QED) is 0.399. The lowest BCUT2D eigenvalue weighted by molar-refractivity contribution is 0.0790. The lowest BCUT2D eigenvalue weighted by Gasteiger charge is -2.21. The molecular weight excluding hydrogens is 434 g/mol. The number of hydrogen-bond donors (Lipinski definition) is 4. The third kappa shape index (κ3) is 4.54. The Balaban J connectivity index is 1.72. The zero-order valence-corrected chi connectivity index (χ0v) is 19.3. The average Bonchev–Trinajstić information content (AvgIpc) is 3.38. The molecule has 0 radical (unpaired) electrons. The average molecular weight is 464 g/mol. The molecule has 1 aliphatic heterocycles. The normalized spacial score (nSPS) is 14.1. The van der Waals surface area contributed by atoms with Gasteiger partial charge in [0.25, 0.3) is 17.0 Å². The number of benzene rings is 2. The molecule has 9 heteroatoms. The van der Waals surface area contributed by atoms with Crippen LogP contribution in [0.25, 0.3) is 0 Å². The van der Waals surface area contributed by atoms with Gasteiger partial charge in [-0.15, -0.1) is 0 Å². The van der Waals surface area contributed by atoms with Gasteiger partial charge < -0.3 is 20.6 Å². The van der Waals surface area contributed by atoms with Crippen molar-refractivity contribution >= 4 is 23.0 Å². The molecular formula is C25H29N5O4. The Hall–Kier alpha value is -4.01. The summed E-state index contributed by atoms with van der Waals surface area (Å²) in [5.41, 5.74) is 0.371. The summed E-state index contributed by atoms with van der Waals surface area (Å²) in [6.45, 7) is 3.28. The maximum Gasteiger partial charge on any atom is 0.290 e. The van der Waals surface area contributed by atoms with Gasteiger partial charge in [-0.2, -0.15) is 0 Å². The summed E-state index contributed by atoms with van der Waals surface area (Å²) < 4.78 is 1.11. The molecule has 1 fully saturated rings. The SMILES string of the molecule is CCC(Nc1c(Nc2cccc(C(=O)N3CCCC3)c2O)c(=O)[nH]n(C)c1=O)c1ccccc1. The van der Waals surface area contributed by atoms with Crippen LogP contribution in [-0.2, 0) is 7.05 Å². The number of aromatic nitrogens is 2. The summed E-state index contributed by atoms with van der Waals surface area (Å²) in [4.78, 5) is 40.5. The van der Waals surface area contributed by atoms with Gasteiger partial charge in [-0.3, -0.25) is 24.2 Å². The molecule has 34 heavy (non-hydrogen) atoms. The van der Waals surface area contributed by atoms with E-state index in [0.29, 0.717) is 19.5 Å². The number of aromatic amines is 1. The second-order valence-corrected chi connectivity index (χ2v) is 8.40. The first-order valence-corrected chi connectivity index (χ1v) is 11.4. The Labute approximate surface area is 197 Å². The second-order valence-electron chi connectivity index (χ2n) is 8.40. The van der Waals surface area contributed by atoms with Crippen LogP contribution in [0.4, 0.5) is 17.1 Å². The van der Waals surface area contributed by atoms with Crippen LogP contribution in [0.5, 0.6) is 5.75 Å². The van der Waals surface area contributed by atoms with E-state index >= 15 is 0 Å². The second kappa shape index (κ2) is 9.86. The monoisotopic (exact) mass is 463 g/mol. The molecule has 1 amide bonds. The summed E-state index contributed by atoms with van der Waals surface area (Å²) in [6, 6.07) is 14.2. The van der Waals surface area contributed by atoms with Gasteiger partial charge in [0.15, 0.2) is 5.75 Å². The highest BCUT2D eigenvalue weighted by molar-refractivity contribution is 5.99. The molecule has 1 saturated heterocycles. The first-order valence-electron chi connectivity index (χ1n) is 11.4. The Kier molecular flexibility index (Phi) is 6.72. The van der Waals surface area contributed by atoms with Gasteiger partial charge in [-0.1, -0.05) is 43.3 Å². The van der Waals surface area contributed by atoms with E-state index < -0.39 is 11.1 Å². The van der Waals surface area contributed by atoms with Crippen LogP contribution in [0.3, 0.4) is 0 Å². The third-order valence-corrected chi connectivity index (χ3v) is 6.11. The number of phenolic OH excluding ortho intramolecular Hbond substituents is 1. The highest BCUT2D eigenvalue weighted by Crippen LogP contribution is 2.33. The standard InChI is InChI=1S/C25H29N5O4/c1-3-18(16-10-5-4-6-11-16)26-21-20(23(32)28-29(2)25(21)34)27-19-13-9-12-17(22(19)31)24(33)30-14-7-8-15-30/h4-6,9-13,18,26-27,31H,3,7-8,14-15H2,1-2H3,(H,28,32). The van der Waals surface area contributed by atoms with Gasteiger partial charge in [0.05, 0.1) is 17.3 Å². The fourth-order valence-electron chi connectivity index (χ4n) is 4.22. The highest BCUT2D eigenvalue weighted by Gasteiger charge is 2.24. The van der Waals surface area contributed by atoms with E-state index in [0.717, 1.165) is 23.1 Å². The van der Waals surface area contributed by atoms with E-state index in [1.807, 2.05) is 37.3 Å². The van der Waals surface area contributed by atoms with Crippen molar-refractivity contribution in [2.45, 2.75) is 32.2 Å². The minimum absolute atomic E-state index is 0.0291. The molecule has 1 unspecified atom stereocenters. The number of nitrogens with one attached hydrogen (secondary N) is 3. The van der Waals surface area contributed by atoms with Crippen LogP contribution in [0.1, 0.15) is 48.1 Å². The van der Waals surface area contributed by atoms with Gasteiger partial charge in [0, 0.05) is 20.1 Å². The smallest absolute Gasteiger partial charge is 0.290 e. The van der Waals surface area contributed by atoms with Crippen molar-refractivity contribution in [2.24, 2.45) is 7.05 Å². The van der Waals surface area contributed by atoms with Crippen molar-refractivity contribution < 1.29 is 9.90 Å². The molecule has 0 spiro atoms. The Morgan fingerprint density at radius 1 is 1.06 bits per heavy atom. The Bertz CT molecular complexity index is 1290. The topological polar surface area (TPSA) is 119 Å². The maximum atomic E-state index is 13.0. The number of likely N-dealkylation sites (tertiary alicyclic amines) is 1. The predicted octanol–water partition coefficient (Wildman–Crippen LogP) is 3.32. The molecule has 1 aliphatic rings. The van der Waals surface area contributed by atoms with Crippen molar-refractivity contribution in [1.29, 1.82) is 0 Å². The zero-order valence-electron chi connectivity index (χ0n) is 19.3. The van der Waals surface area contributed by atoms with Crippen LogP contribution in [0.15, 0.2) is 58.1 Å². The number of para-hydroxylation sites is 1. The van der Waals surface area contributed by atoms with Crippen molar-refractivity contribution in [3.05, 3.63) is 80.4 Å². The maximum absolute atomic E-state index is 13.0.